The zero-order valence-corrected chi connectivity index (χ0v) is 19.0. The number of benzene rings is 2. The zero-order valence-electron chi connectivity index (χ0n) is 18.2. The zero-order chi connectivity index (χ0) is 23.8. The molecule has 0 bridgehead atoms. The third-order valence-electron chi connectivity index (χ3n) is 4.61. The number of carbonyl (C=O) groups excluding carboxylic acids is 3. The quantitative estimate of drug-likeness (QED) is 0.398. The molecule has 1 N–H and O–H groups in total. The number of fused-ring (bicyclic) bond motifs is 1. The van der Waals surface area contributed by atoms with Crippen molar-refractivity contribution in [3.63, 3.8) is 0 Å². The minimum atomic E-state index is -0.587. The van der Waals surface area contributed by atoms with Crippen LogP contribution >= 0.6 is 11.3 Å². The van der Waals surface area contributed by atoms with Crippen molar-refractivity contribution < 1.29 is 23.6 Å². The van der Waals surface area contributed by atoms with E-state index in [1.807, 2.05) is 49.4 Å². The van der Waals surface area contributed by atoms with Crippen molar-refractivity contribution in [1.29, 1.82) is 0 Å². The van der Waals surface area contributed by atoms with E-state index in [0.717, 1.165) is 11.1 Å². The maximum Gasteiger partial charge on any atom is 0.412 e. The van der Waals surface area contributed by atoms with Gasteiger partial charge in [-0.25, -0.2) is 4.79 Å². The van der Waals surface area contributed by atoms with Crippen LogP contribution in [-0.2, 0) is 14.3 Å². The Morgan fingerprint density at radius 1 is 1.09 bits per heavy atom. The Labute approximate surface area is 194 Å². The first kappa shape index (κ1) is 23.5. The van der Waals surface area contributed by atoms with Gasteiger partial charge >= 0.3 is 12.2 Å². The monoisotopic (exact) mass is 460 g/mol. The molecule has 1 atom stereocenters. The van der Waals surface area contributed by atoms with E-state index in [2.05, 4.69) is 41.4 Å². The van der Waals surface area contributed by atoms with Crippen molar-refractivity contribution >= 4 is 39.4 Å². The Hall–Kier alpha value is -4.18. The second-order valence-electron chi connectivity index (χ2n) is 7.00. The molecule has 2 heterocycles. The summed E-state index contributed by atoms with van der Waals surface area (Å²) < 4.78 is 12.0. The Balaban J connectivity index is 0.000000968. The van der Waals surface area contributed by atoms with Gasteiger partial charge in [0.05, 0.1) is 0 Å². The summed E-state index contributed by atoms with van der Waals surface area (Å²) in [4.78, 5) is 29.9. The number of anilines is 1. The Bertz CT molecular complexity index is 1360. The number of hydrogen-bond acceptors (Lipinski definition) is 7. The summed E-state index contributed by atoms with van der Waals surface area (Å²) in [6.45, 7) is 5.65. The van der Waals surface area contributed by atoms with Crippen molar-refractivity contribution in [3.05, 3.63) is 82.1 Å². The summed E-state index contributed by atoms with van der Waals surface area (Å²) in [5.74, 6) is 6.35. The van der Waals surface area contributed by atoms with Crippen LogP contribution in [0.5, 0.6) is 0 Å². The van der Waals surface area contributed by atoms with Gasteiger partial charge in [-0.15, -0.1) is 11.3 Å². The molecule has 0 aliphatic carbocycles. The highest BCUT2D eigenvalue weighted by atomic mass is 32.1. The lowest BCUT2D eigenvalue weighted by molar-refractivity contribution is -0.191. The highest BCUT2D eigenvalue weighted by molar-refractivity contribution is 7.19. The van der Waals surface area contributed by atoms with Gasteiger partial charge in [0, 0.05) is 15.1 Å². The lowest BCUT2D eigenvalue weighted by Gasteiger charge is -2.13. The molecule has 0 radical (unpaired) electrons. The molecule has 0 fully saturated rings. The maximum absolute atomic E-state index is 12.4. The highest BCUT2D eigenvalue weighted by Crippen LogP contribution is 2.26. The molecule has 4 rings (SSSR count). The summed E-state index contributed by atoms with van der Waals surface area (Å²) >= 11 is 1.73. The average molecular weight is 461 g/mol. The molecule has 2 aromatic carbocycles. The smallest absolute Gasteiger partial charge is 0.412 e. The number of nitrogens with one attached hydrogen (secondary N) is 1. The first-order valence-corrected chi connectivity index (χ1v) is 10.7. The van der Waals surface area contributed by atoms with Crippen LogP contribution in [0.1, 0.15) is 40.5 Å². The molecule has 8 heteroatoms. The molecular weight excluding hydrogens is 440 g/mol. The van der Waals surface area contributed by atoms with Gasteiger partial charge in [-0.3, -0.25) is 5.32 Å². The van der Waals surface area contributed by atoms with Crippen LogP contribution in [-0.4, -0.2) is 17.4 Å². The van der Waals surface area contributed by atoms with E-state index < -0.39 is 6.09 Å². The van der Waals surface area contributed by atoms with Crippen LogP contribution in [0, 0.1) is 25.7 Å². The molecule has 1 unspecified atom stereocenters. The van der Waals surface area contributed by atoms with Crippen LogP contribution in [0.25, 0.3) is 10.1 Å². The van der Waals surface area contributed by atoms with Gasteiger partial charge in [0.25, 0.3) is 0 Å². The molecule has 0 aliphatic rings. The van der Waals surface area contributed by atoms with Gasteiger partial charge in [0.2, 0.25) is 5.76 Å². The molecule has 2 aromatic heterocycles. The van der Waals surface area contributed by atoms with Crippen molar-refractivity contribution in [1.82, 2.24) is 5.16 Å². The number of thiophene rings is 1. The molecular formula is C25H20N2O5S. The standard InChI is InChI=1S/C24H20N2O3S.CO2/c1-15-13-20-11-9-18(14-22(20)30-15)10-12-21-23(16(2)26-29-21)25-24(27)28-17(3)19-7-5-4-6-8-19;2-1-3/h4-9,11,13-14,17H,1-3H3,(H,25,27);. The van der Waals surface area contributed by atoms with E-state index in [9.17, 15) is 4.79 Å². The van der Waals surface area contributed by atoms with Gasteiger partial charge in [0.15, 0.2) is 0 Å². The maximum atomic E-state index is 12.4. The summed E-state index contributed by atoms with van der Waals surface area (Å²) in [5.41, 5.74) is 2.73. The van der Waals surface area contributed by atoms with E-state index >= 15 is 0 Å². The van der Waals surface area contributed by atoms with Crippen LogP contribution in [0.2, 0.25) is 0 Å². The third kappa shape index (κ3) is 6.17. The molecule has 0 spiro atoms. The van der Waals surface area contributed by atoms with Gasteiger partial charge in [-0.2, -0.15) is 9.59 Å². The predicted molar refractivity (Wildman–Crippen MR) is 124 cm³/mol. The van der Waals surface area contributed by atoms with E-state index in [1.54, 1.807) is 18.3 Å². The van der Waals surface area contributed by atoms with Gasteiger partial charge in [0.1, 0.15) is 17.5 Å². The normalized spacial score (nSPS) is 10.8. The van der Waals surface area contributed by atoms with Crippen LogP contribution in [0.15, 0.2) is 59.1 Å². The lowest BCUT2D eigenvalue weighted by atomic mass is 10.1. The molecule has 33 heavy (non-hydrogen) atoms. The van der Waals surface area contributed by atoms with Crippen molar-refractivity contribution in [2.45, 2.75) is 26.9 Å². The lowest BCUT2D eigenvalue weighted by Crippen LogP contribution is -2.16. The van der Waals surface area contributed by atoms with Crippen molar-refractivity contribution in [3.8, 4) is 11.8 Å². The number of aryl methyl sites for hydroxylation is 2. The van der Waals surface area contributed by atoms with Crippen LogP contribution < -0.4 is 5.32 Å². The molecule has 0 saturated carbocycles. The number of rotatable bonds is 3. The summed E-state index contributed by atoms with van der Waals surface area (Å²) in [6.07, 6.45) is -0.724. The summed E-state index contributed by atoms with van der Waals surface area (Å²) in [7, 11) is 0. The minimum Gasteiger partial charge on any atom is -0.441 e. The topological polar surface area (TPSA) is 98.5 Å². The van der Waals surface area contributed by atoms with E-state index in [0.29, 0.717) is 17.1 Å². The van der Waals surface area contributed by atoms with Crippen molar-refractivity contribution in [2.24, 2.45) is 0 Å². The van der Waals surface area contributed by atoms with E-state index in [4.69, 9.17) is 18.8 Å². The van der Waals surface area contributed by atoms with E-state index in [1.165, 1.54) is 15.0 Å². The summed E-state index contributed by atoms with van der Waals surface area (Å²) in [5, 5.41) is 7.84. The molecule has 166 valence electrons. The first-order chi connectivity index (χ1) is 15.9. The fourth-order valence-corrected chi connectivity index (χ4v) is 4.02. The first-order valence-electron chi connectivity index (χ1n) is 9.91. The minimum absolute atomic E-state index is 0.250. The highest BCUT2D eigenvalue weighted by Gasteiger charge is 2.17. The van der Waals surface area contributed by atoms with Gasteiger partial charge in [-0.05, 0) is 55.8 Å². The number of aromatic nitrogens is 1. The number of carbonyl (C=O) groups is 1. The number of ether oxygens (including phenoxy) is 1. The van der Waals surface area contributed by atoms with Gasteiger partial charge in [-0.1, -0.05) is 47.5 Å². The van der Waals surface area contributed by atoms with E-state index in [-0.39, 0.29) is 12.3 Å². The number of nitrogens with zero attached hydrogens (tertiary/aromatic N) is 1. The summed E-state index contributed by atoms with van der Waals surface area (Å²) in [6, 6.07) is 17.8. The molecule has 1 amide bonds. The molecule has 7 nitrogen and oxygen atoms in total. The SMILES string of the molecule is Cc1cc2ccc(C#Cc3onc(C)c3NC(=O)OC(C)c3ccccc3)cc2s1.O=C=O. The molecule has 0 saturated heterocycles. The third-order valence-corrected chi connectivity index (χ3v) is 5.62. The number of amides is 1. The second kappa shape index (κ2) is 10.9. The largest absolute Gasteiger partial charge is 0.441 e. The van der Waals surface area contributed by atoms with Crippen LogP contribution in [0.4, 0.5) is 10.5 Å². The van der Waals surface area contributed by atoms with Crippen LogP contribution in [0.3, 0.4) is 0 Å². The fourth-order valence-electron chi connectivity index (χ4n) is 3.06. The molecule has 0 aliphatic heterocycles. The second-order valence-corrected chi connectivity index (χ2v) is 8.29. The predicted octanol–water partition coefficient (Wildman–Crippen LogP) is 5.63. The average Bonchev–Trinajstić information content (AvgIpc) is 3.34. The Kier molecular flexibility index (Phi) is 7.77. The number of hydrogen-bond donors (Lipinski definition) is 1. The van der Waals surface area contributed by atoms with Crippen molar-refractivity contribution in [2.75, 3.05) is 5.32 Å². The van der Waals surface area contributed by atoms with Gasteiger partial charge < -0.3 is 9.26 Å². The fraction of sp³-hybridized carbons (Fsp3) is 0.160. The Morgan fingerprint density at radius 3 is 2.55 bits per heavy atom. The molecule has 4 aromatic rings. The Morgan fingerprint density at radius 2 is 1.82 bits per heavy atom.